The molecule has 1 N–H and O–H groups in total. The van der Waals surface area contributed by atoms with Crippen molar-refractivity contribution < 1.29 is 4.79 Å². The summed E-state index contributed by atoms with van der Waals surface area (Å²) in [5, 5.41) is 3.90. The number of halogens is 1. The van der Waals surface area contributed by atoms with Gasteiger partial charge in [0.15, 0.2) is 0 Å². The van der Waals surface area contributed by atoms with Gasteiger partial charge in [0.1, 0.15) is 0 Å². The molecule has 0 aliphatic carbocycles. The monoisotopic (exact) mass is 354 g/mol. The normalized spacial score (nSPS) is 31.3. The number of thioether (sulfide) groups is 1. The first-order valence-electron chi connectivity index (χ1n) is 8.37. The number of benzene rings is 1. The van der Waals surface area contributed by atoms with Gasteiger partial charge in [0.25, 0.3) is 0 Å². The highest BCUT2D eigenvalue weighted by molar-refractivity contribution is 8.00. The average Bonchev–Trinajstić information content (AvgIpc) is 2.55. The number of rotatable bonds is 2. The zero-order valence-corrected chi connectivity index (χ0v) is 15.5. The molecule has 2 aliphatic heterocycles. The van der Waals surface area contributed by atoms with Gasteiger partial charge in [0, 0.05) is 29.5 Å². The van der Waals surface area contributed by atoms with E-state index in [9.17, 15) is 4.79 Å². The zero-order chi connectivity index (χ0) is 15.5. The van der Waals surface area contributed by atoms with Crippen LogP contribution < -0.4 is 5.32 Å². The molecule has 2 fully saturated rings. The third-order valence-corrected chi connectivity index (χ3v) is 6.09. The first kappa shape index (κ1) is 18.6. The number of hydrogen-bond acceptors (Lipinski definition) is 3. The molecule has 0 saturated carbocycles. The van der Waals surface area contributed by atoms with E-state index in [1.807, 2.05) is 17.8 Å². The van der Waals surface area contributed by atoms with E-state index < -0.39 is 0 Å². The maximum Gasteiger partial charge on any atom is 0.226 e. The second kappa shape index (κ2) is 8.41. The van der Waals surface area contributed by atoms with Crippen LogP contribution in [0.3, 0.4) is 0 Å². The van der Waals surface area contributed by atoms with Gasteiger partial charge < -0.3 is 10.2 Å². The van der Waals surface area contributed by atoms with Crippen LogP contribution in [0.1, 0.15) is 38.3 Å². The smallest absolute Gasteiger partial charge is 0.226 e. The van der Waals surface area contributed by atoms with E-state index in [2.05, 4.69) is 48.3 Å². The van der Waals surface area contributed by atoms with Crippen LogP contribution in [-0.2, 0) is 4.79 Å². The van der Waals surface area contributed by atoms with E-state index in [4.69, 9.17) is 0 Å². The lowest BCUT2D eigenvalue weighted by molar-refractivity contribution is -0.139. The molecule has 1 aromatic rings. The van der Waals surface area contributed by atoms with Gasteiger partial charge in [-0.1, -0.05) is 37.3 Å². The third-order valence-electron chi connectivity index (χ3n) is 4.89. The van der Waals surface area contributed by atoms with E-state index in [1.54, 1.807) is 0 Å². The first-order valence-corrected chi connectivity index (χ1v) is 9.42. The van der Waals surface area contributed by atoms with Crippen LogP contribution in [0.2, 0.25) is 0 Å². The van der Waals surface area contributed by atoms with Gasteiger partial charge in [-0.25, -0.2) is 0 Å². The maximum atomic E-state index is 13.1. The fourth-order valence-corrected chi connectivity index (χ4v) is 4.92. The lowest BCUT2D eigenvalue weighted by atomic mass is 9.90. The summed E-state index contributed by atoms with van der Waals surface area (Å²) in [5.74, 6) is 1.61. The van der Waals surface area contributed by atoms with Crippen LogP contribution in [0.5, 0.6) is 0 Å². The molecule has 2 unspecified atom stereocenters. The van der Waals surface area contributed by atoms with Crippen molar-refractivity contribution in [3.05, 3.63) is 35.9 Å². The molecular formula is C18H27ClN2OS. The van der Waals surface area contributed by atoms with Crippen molar-refractivity contribution in [3.8, 4) is 0 Å². The van der Waals surface area contributed by atoms with Gasteiger partial charge in [-0.3, -0.25) is 4.79 Å². The Kier molecular flexibility index (Phi) is 6.81. The number of piperidine rings is 1. The van der Waals surface area contributed by atoms with E-state index in [0.29, 0.717) is 17.2 Å². The van der Waals surface area contributed by atoms with Crippen LogP contribution in [0.25, 0.3) is 0 Å². The van der Waals surface area contributed by atoms with E-state index in [-0.39, 0.29) is 24.4 Å². The lowest BCUT2D eigenvalue weighted by Gasteiger charge is -2.42. The van der Waals surface area contributed by atoms with Gasteiger partial charge >= 0.3 is 0 Å². The molecule has 3 rings (SSSR count). The molecule has 1 amide bonds. The minimum atomic E-state index is 0. The van der Waals surface area contributed by atoms with Gasteiger partial charge in [-0.2, -0.15) is 11.8 Å². The third kappa shape index (κ3) is 4.23. The highest BCUT2D eigenvalue weighted by atomic mass is 35.5. The van der Waals surface area contributed by atoms with Gasteiger partial charge in [0.2, 0.25) is 5.91 Å². The Balaban J connectivity index is 0.00000192. The number of nitrogens with one attached hydrogen (secondary N) is 1. The predicted molar refractivity (Wildman–Crippen MR) is 100 cm³/mol. The van der Waals surface area contributed by atoms with Crippen molar-refractivity contribution in [2.24, 2.45) is 5.92 Å². The largest absolute Gasteiger partial charge is 0.333 e. The van der Waals surface area contributed by atoms with Gasteiger partial charge in [0.05, 0.1) is 6.04 Å². The van der Waals surface area contributed by atoms with E-state index >= 15 is 0 Å². The van der Waals surface area contributed by atoms with Crippen molar-refractivity contribution >= 4 is 30.1 Å². The lowest BCUT2D eigenvalue weighted by Crippen LogP contribution is -2.49. The molecule has 23 heavy (non-hydrogen) atoms. The molecule has 3 nitrogen and oxygen atoms in total. The second-order valence-corrected chi connectivity index (χ2v) is 8.02. The molecule has 0 aromatic heterocycles. The molecule has 0 bridgehead atoms. The highest BCUT2D eigenvalue weighted by Gasteiger charge is 2.37. The average molecular weight is 355 g/mol. The van der Waals surface area contributed by atoms with Crippen LogP contribution in [0.4, 0.5) is 0 Å². The number of hydrogen-bond donors (Lipinski definition) is 1. The summed E-state index contributed by atoms with van der Waals surface area (Å²) in [5.41, 5.74) is 1.28. The van der Waals surface area contributed by atoms with Crippen LogP contribution in [0, 0.1) is 5.92 Å². The summed E-state index contributed by atoms with van der Waals surface area (Å²) < 4.78 is 0. The SMILES string of the molecule is CC1SCCN(C(=O)[C@H]2CCN[C@@H](C)C2)C1c1ccccc1.Cl. The van der Waals surface area contributed by atoms with Crippen molar-refractivity contribution in [1.29, 1.82) is 0 Å². The zero-order valence-electron chi connectivity index (χ0n) is 13.9. The Hall–Kier alpha value is -0.710. The molecule has 5 heteroatoms. The molecular weight excluding hydrogens is 328 g/mol. The van der Waals surface area contributed by atoms with Crippen molar-refractivity contribution in [2.45, 2.75) is 44.0 Å². The standard InChI is InChI=1S/C18H26N2OS.ClH/c1-13-12-16(8-9-19-13)18(21)20-10-11-22-14(2)17(20)15-6-4-3-5-7-15;/h3-7,13-14,16-17,19H,8-12H2,1-2H3;1H/t13-,14?,16-,17?;/m0./s1. The molecule has 2 aliphatic rings. The van der Waals surface area contributed by atoms with Crippen LogP contribution >= 0.6 is 24.2 Å². The molecule has 4 atom stereocenters. The fourth-order valence-electron chi connectivity index (χ4n) is 3.76. The summed E-state index contributed by atoms with van der Waals surface area (Å²) in [4.78, 5) is 15.3. The van der Waals surface area contributed by atoms with Gasteiger partial charge in [-0.15, -0.1) is 12.4 Å². The summed E-state index contributed by atoms with van der Waals surface area (Å²) in [7, 11) is 0. The fraction of sp³-hybridized carbons (Fsp3) is 0.611. The van der Waals surface area contributed by atoms with Crippen molar-refractivity contribution in [3.63, 3.8) is 0 Å². The predicted octanol–water partition coefficient (Wildman–Crippen LogP) is 3.50. The molecule has 0 radical (unpaired) electrons. The van der Waals surface area contributed by atoms with Crippen LogP contribution in [0.15, 0.2) is 30.3 Å². The number of carbonyl (C=O) groups excluding carboxylic acids is 1. The number of carbonyl (C=O) groups is 1. The van der Waals surface area contributed by atoms with Gasteiger partial charge in [-0.05, 0) is 31.9 Å². The quantitative estimate of drug-likeness (QED) is 0.882. The first-order chi connectivity index (χ1) is 10.7. The summed E-state index contributed by atoms with van der Waals surface area (Å²) in [6, 6.07) is 11.2. The molecule has 2 heterocycles. The second-order valence-electron chi connectivity index (χ2n) is 6.54. The Bertz CT molecular complexity index is 513. The molecule has 128 valence electrons. The topological polar surface area (TPSA) is 32.3 Å². The molecule has 0 spiro atoms. The van der Waals surface area contributed by atoms with E-state index in [0.717, 1.165) is 31.7 Å². The van der Waals surface area contributed by atoms with Crippen molar-refractivity contribution in [2.75, 3.05) is 18.8 Å². The minimum absolute atomic E-state index is 0. The Morgan fingerprint density at radius 2 is 2.00 bits per heavy atom. The van der Waals surface area contributed by atoms with Crippen LogP contribution in [-0.4, -0.2) is 40.9 Å². The number of amides is 1. The van der Waals surface area contributed by atoms with Crippen molar-refractivity contribution in [1.82, 2.24) is 10.2 Å². The molecule has 1 aromatic carbocycles. The molecule has 2 saturated heterocycles. The number of nitrogens with zero attached hydrogens (tertiary/aromatic N) is 1. The Morgan fingerprint density at radius 1 is 1.26 bits per heavy atom. The highest BCUT2D eigenvalue weighted by Crippen LogP contribution is 2.37. The summed E-state index contributed by atoms with van der Waals surface area (Å²) in [6.45, 7) is 6.28. The Morgan fingerprint density at radius 3 is 2.70 bits per heavy atom. The maximum absolute atomic E-state index is 13.1. The summed E-state index contributed by atoms with van der Waals surface area (Å²) >= 11 is 1.98. The van der Waals surface area contributed by atoms with E-state index in [1.165, 1.54) is 5.56 Å². The Labute approximate surface area is 150 Å². The minimum Gasteiger partial charge on any atom is -0.333 e. The summed E-state index contributed by atoms with van der Waals surface area (Å²) in [6.07, 6.45) is 1.95.